The van der Waals surface area contributed by atoms with Gasteiger partial charge in [-0.2, -0.15) is 0 Å². The summed E-state index contributed by atoms with van der Waals surface area (Å²) in [5.74, 6) is 1.84. The van der Waals surface area contributed by atoms with Gasteiger partial charge in [0.05, 0.1) is 11.8 Å². The van der Waals surface area contributed by atoms with Crippen LogP contribution >= 0.6 is 0 Å². The van der Waals surface area contributed by atoms with Gasteiger partial charge in [-0.3, -0.25) is 10.1 Å². The minimum Gasteiger partial charge on any atom is -0.399 e. The van der Waals surface area contributed by atoms with Gasteiger partial charge in [-0.1, -0.05) is 30.7 Å². The van der Waals surface area contributed by atoms with Crippen LogP contribution in [0.3, 0.4) is 0 Å². The number of nitro groups is 1. The number of hydrogen-bond donors (Lipinski definition) is 1. The second-order valence-corrected chi connectivity index (χ2v) is 10.6. The Labute approximate surface area is 173 Å². The number of allylic oxidation sites excluding steroid dienone is 1. The molecule has 29 heavy (non-hydrogen) atoms. The highest BCUT2D eigenvalue weighted by Gasteiger charge is 2.62. The molecule has 1 N–H and O–H groups in total. The molecule has 6 nitrogen and oxygen atoms in total. The smallest absolute Gasteiger partial charge is 0.207 e. The molecule has 4 aliphatic carbocycles. The third-order valence-electron chi connectivity index (χ3n) is 9.32. The molecule has 162 valence electrons. The summed E-state index contributed by atoms with van der Waals surface area (Å²) in [5.41, 5.74) is 2.62. The van der Waals surface area contributed by atoms with Crippen molar-refractivity contribution in [2.45, 2.75) is 71.8 Å². The van der Waals surface area contributed by atoms with Crippen LogP contribution in [0.1, 0.15) is 65.7 Å². The van der Waals surface area contributed by atoms with Crippen LogP contribution in [0.25, 0.3) is 0 Å². The van der Waals surface area contributed by atoms with Gasteiger partial charge in [-0.15, -0.1) is 0 Å². The first-order valence-electron chi connectivity index (χ1n) is 11.3. The number of rotatable bonds is 4. The first-order valence-corrected chi connectivity index (χ1v) is 11.3. The van der Waals surface area contributed by atoms with E-state index < -0.39 is 0 Å². The maximum Gasteiger partial charge on any atom is 0.207 e. The molecule has 0 bridgehead atoms. The molecule has 0 heterocycles. The van der Waals surface area contributed by atoms with E-state index in [1.54, 1.807) is 7.11 Å². The van der Waals surface area contributed by atoms with Gasteiger partial charge in [0.2, 0.25) is 6.54 Å². The maximum atomic E-state index is 11.4. The second kappa shape index (κ2) is 7.36. The van der Waals surface area contributed by atoms with Crippen LogP contribution in [-0.4, -0.2) is 35.5 Å². The minimum atomic E-state index is -0.187. The van der Waals surface area contributed by atoms with Gasteiger partial charge in [0, 0.05) is 16.8 Å². The summed E-state index contributed by atoms with van der Waals surface area (Å²) >= 11 is 0. The lowest BCUT2D eigenvalue weighted by Gasteiger charge is -2.58. The van der Waals surface area contributed by atoms with Crippen molar-refractivity contribution in [2.75, 3.05) is 13.7 Å². The quantitative estimate of drug-likeness (QED) is 0.325. The van der Waals surface area contributed by atoms with Crippen LogP contribution in [0.4, 0.5) is 0 Å². The van der Waals surface area contributed by atoms with E-state index in [1.807, 2.05) is 6.92 Å². The number of fused-ring (bicyclic) bond motifs is 5. The van der Waals surface area contributed by atoms with Crippen molar-refractivity contribution >= 4 is 5.71 Å². The van der Waals surface area contributed by atoms with E-state index in [0.29, 0.717) is 17.8 Å². The van der Waals surface area contributed by atoms with E-state index in [0.717, 1.165) is 44.2 Å². The van der Waals surface area contributed by atoms with Gasteiger partial charge in [-0.25, -0.2) is 0 Å². The summed E-state index contributed by atoms with van der Waals surface area (Å²) in [6, 6.07) is 0. The Morgan fingerprint density at radius 3 is 2.79 bits per heavy atom. The molecule has 0 aromatic carbocycles. The Bertz CT molecular complexity index is 734. The first-order chi connectivity index (χ1) is 13.7. The maximum absolute atomic E-state index is 11.4. The van der Waals surface area contributed by atoms with E-state index in [2.05, 4.69) is 25.1 Å². The Morgan fingerprint density at radius 2 is 2.10 bits per heavy atom. The molecule has 0 unspecified atom stereocenters. The molecule has 0 aliphatic heterocycles. The average molecular weight is 405 g/mol. The van der Waals surface area contributed by atoms with Crippen LogP contribution in [0, 0.1) is 50.5 Å². The van der Waals surface area contributed by atoms with Gasteiger partial charge in [-0.05, 0) is 80.5 Å². The average Bonchev–Trinajstić information content (AvgIpc) is 2.93. The highest BCUT2D eigenvalue weighted by atomic mass is 16.6. The van der Waals surface area contributed by atoms with Crippen molar-refractivity contribution in [2.24, 2.45) is 45.6 Å². The molecule has 4 rings (SSSR count). The number of oxime groups is 1. The van der Waals surface area contributed by atoms with E-state index >= 15 is 0 Å². The Morgan fingerprint density at radius 1 is 1.34 bits per heavy atom. The van der Waals surface area contributed by atoms with Gasteiger partial charge in [0.25, 0.3) is 0 Å². The van der Waals surface area contributed by atoms with Crippen molar-refractivity contribution < 1.29 is 14.9 Å². The van der Waals surface area contributed by atoms with Crippen molar-refractivity contribution in [3.63, 3.8) is 0 Å². The normalized spacial score (nSPS) is 46.9. The lowest BCUT2D eigenvalue weighted by molar-refractivity contribution is -0.489. The Hall–Kier alpha value is -1.43. The van der Waals surface area contributed by atoms with E-state index in [1.165, 1.54) is 12.0 Å². The lowest BCUT2D eigenvalue weighted by Crippen LogP contribution is -2.51. The lowest BCUT2D eigenvalue weighted by atomic mass is 9.47. The number of aliphatic hydroxyl groups excluding tert-OH is 1. The molecule has 0 amide bonds. The fourth-order valence-corrected chi connectivity index (χ4v) is 8.21. The SMILES string of the molecule is CO/N=C(\C)[C@H]1[C@H](C[N+](=O)[O-])C[C@H]2[C@H]3CC=C4C[C@@H](O)CC[C@]4(C)[C@@H]3CC[C@@]21C. The van der Waals surface area contributed by atoms with E-state index in [4.69, 9.17) is 4.84 Å². The summed E-state index contributed by atoms with van der Waals surface area (Å²) < 4.78 is 0. The zero-order chi connectivity index (χ0) is 21.0. The summed E-state index contributed by atoms with van der Waals surface area (Å²) in [5, 5.41) is 25.9. The fourth-order valence-electron chi connectivity index (χ4n) is 8.21. The van der Waals surface area contributed by atoms with Gasteiger partial charge < -0.3 is 9.94 Å². The summed E-state index contributed by atoms with van der Waals surface area (Å²) in [6.07, 6.45) is 9.26. The fraction of sp³-hybridized carbons (Fsp3) is 0.870. The first kappa shape index (κ1) is 20.8. The second-order valence-electron chi connectivity index (χ2n) is 10.6. The Balaban J connectivity index is 1.68. The molecule has 8 atom stereocenters. The third-order valence-corrected chi connectivity index (χ3v) is 9.32. The Kier molecular flexibility index (Phi) is 5.29. The van der Waals surface area contributed by atoms with E-state index in [9.17, 15) is 15.2 Å². The van der Waals surface area contributed by atoms with Crippen LogP contribution in [0.15, 0.2) is 16.8 Å². The minimum absolute atomic E-state index is 0.0231. The van der Waals surface area contributed by atoms with Crippen LogP contribution in [-0.2, 0) is 4.84 Å². The zero-order valence-electron chi connectivity index (χ0n) is 18.3. The van der Waals surface area contributed by atoms with Gasteiger partial charge in [0.1, 0.15) is 7.11 Å². The summed E-state index contributed by atoms with van der Waals surface area (Å²) in [6.45, 7) is 6.79. The molecular formula is C23H36N2O4. The molecule has 4 aliphatic rings. The molecular weight excluding hydrogens is 368 g/mol. The molecule has 0 spiro atoms. The van der Waals surface area contributed by atoms with E-state index in [-0.39, 0.29) is 40.2 Å². The topological polar surface area (TPSA) is 85.0 Å². The number of aliphatic hydroxyl groups is 1. The molecule has 3 saturated carbocycles. The monoisotopic (exact) mass is 404 g/mol. The molecule has 0 aromatic rings. The molecule has 3 fully saturated rings. The third kappa shape index (κ3) is 3.22. The van der Waals surface area contributed by atoms with Crippen molar-refractivity contribution in [3.05, 3.63) is 21.8 Å². The molecule has 0 aromatic heterocycles. The van der Waals surface area contributed by atoms with Crippen LogP contribution in [0.5, 0.6) is 0 Å². The largest absolute Gasteiger partial charge is 0.399 e. The summed E-state index contributed by atoms with van der Waals surface area (Å²) in [4.78, 5) is 16.4. The van der Waals surface area contributed by atoms with Crippen molar-refractivity contribution in [3.8, 4) is 0 Å². The van der Waals surface area contributed by atoms with Gasteiger partial charge >= 0.3 is 0 Å². The molecule has 6 heteroatoms. The number of nitrogens with zero attached hydrogens (tertiary/aromatic N) is 2. The summed E-state index contributed by atoms with van der Waals surface area (Å²) in [7, 11) is 1.56. The van der Waals surface area contributed by atoms with Gasteiger partial charge in [0.15, 0.2) is 0 Å². The molecule has 0 saturated heterocycles. The zero-order valence-corrected chi connectivity index (χ0v) is 18.3. The predicted octanol–water partition coefficient (Wildman–Crippen LogP) is 4.45. The molecule has 0 radical (unpaired) electrons. The van der Waals surface area contributed by atoms with Crippen molar-refractivity contribution in [1.82, 2.24) is 0 Å². The number of hydrogen-bond acceptors (Lipinski definition) is 5. The highest BCUT2D eigenvalue weighted by Crippen LogP contribution is 2.67. The van der Waals surface area contributed by atoms with Crippen LogP contribution < -0.4 is 0 Å². The van der Waals surface area contributed by atoms with Crippen LogP contribution in [0.2, 0.25) is 0 Å². The standard InChI is InChI=1S/C23H36N2O4/c1-14(24-29-4)21-15(13-25(27)28)11-20-18-6-5-16-12-17(26)7-9-22(16,2)19(18)8-10-23(20,21)3/h5,15,17-21,26H,6-13H2,1-4H3/b24-14+/t15-,17-,18-,19+,20-,21-,22-,23-/m0/s1. The van der Waals surface area contributed by atoms with Crippen molar-refractivity contribution in [1.29, 1.82) is 0 Å². The predicted molar refractivity (Wildman–Crippen MR) is 112 cm³/mol. The highest BCUT2D eigenvalue weighted by molar-refractivity contribution is 5.85.